The minimum atomic E-state index is -0.881. The molecule has 0 aliphatic rings. The fourth-order valence-corrected chi connectivity index (χ4v) is 2.56. The zero-order valence-corrected chi connectivity index (χ0v) is 13.4. The van der Waals surface area contributed by atoms with E-state index in [1.165, 1.54) is 0 Å². The van der Waals surface area contributed by atoms with Crippen LogP contribution in [0.25, 0.3) is 10.8 Å². The average molecular weight is 313 g/mol. The lowest BCUT2D eigenvalue weighted by Gasteiger charge is -2.14. The lowest BCUT2D eigenvalue weighted by Crippen LogP contribution is -2.33. The molecular formula is C19H23NO3. The zero-order valence-electron chi connectivity index (χ0n) is 13.4. The Balaban J connectivity index is 2.00. The SMILES string of the molecule is CCCCC(=O)NCC(Cc1ccc2ccccc2c1)C(=O)O. The van der Waals surface area contributed by atoms with Crippen LogP contribution in [-0.2, 0) is 16.0 Å². The van der Waals surface area contributed by atoms with E-state index < -0.39 is 11.9 Å². The molecule has 0 bridgehead atoms. The predicted molar refractivity (Wildman–Crippen MR) is 91.3 cm³/mol. The van der Waals surface area contributed by atoms with Gasteiger partial charge in [-0.15, -0.1) is 0 Å². The van der Waals surface area contributed by atoms with Gasteiger partial charge in [0.05, 0.1) is 5.92 Å². The number of benzene rings is 2. The van der Waals surface area contributed by atoms with Gasteiger partial charge in [-0.3, -0.25) is 9.59 Å². The first kappa shape index (κ1) is 17.0. The molecule has 0 saturated heterocycles. The first-order chi connectivity index (χ1) is 11.1. The number of hydrogen-bond acceptors (Lipinski definition) is 2. The van der Waals surface area contributed by atoms with Gasteiger partial charge in [-0.2, -0.15) is 0 Å². The number of amides is 1. The first-order valence-corrected chi connectivity index (χ1v) is 8.07. The smallest absolute Gasteiger partial charge is 0.308 e. The van der Waals surface area contributed by atoms with E-state index in [0.29, 0.717) is 12.8 Å². The van der Waals surface area contributed by atoms with E-state index in [4.69, 9.17) is 0 Å². The third-order valence-electron chi connectivity index (χ3n) is 3.95. The average Bonchev–Trinajstić information content (AvgIpc) is 2.56. The molecule has 0 aliphatic heterocycles. The maximum Gasteiger partial charge on any atom is 0.308 e. The molecule has 2 N–H and O–H groups in total. The van der Waals surface area contributed by atoms with Crippen molar-refractivity contribution >= 4 is 22.6 Å². The van der Waals surface area contributed by atoms with E-state index in [9.17, 15) is 14.7 Å². The number of fused-ring (bicyclic) bond motifs is 1. The first-order valence-electron chi connectivity index (χ1n) is 8.07. The van der Waals surface area contributed by atoms with Gasteiger partial charge in [0.2, 0.25) is 5.91 Å². The fourth-order valence-electron chi connectivity index (χ4n) is 2.56. The number of nitrogens with one attached hydrogen (secondary N) is 1. The molecule has 0 spiro atoms. The van der Waals surface area contributed by atoms with E-state index in [2.05, 4.69) is 5.32 Å². The van der Waals surface area contributed by atoms with Gasteiger partial charge >= 0.3 is 5.97 Å². The topological polar surface area (TPSA) is 66.4 Å². The molecular weight excluding hydrogens is 290 g/mol. The Bertz CT molecular complexity index is 681. The summed E-state index contributed by atoms with van der Waals surface area (Å²) in [5.41, 5.74) is 0.971. The Kier molecular flexibility index (Phi) is 6.15. The van der Waals surface area contributed by atoms with E-state index in [1.807, 2.05) is 49.4 Å². The minimum absolute atomic E-state index is 0.0726. The van der Waals surface area contributed by atoms with Gasteiger partial charge < -0.3 is 10.4 Å². The van der Waals surface area contributed by atoms with Crippen LogP contribution in [-0.4, -0.2) is 23.5 Å². The summed E-state index contributed by atoms with van der Waals surface area (Å²) in [6.07, 6.45) is 2.65. The van der Waals surface area contributed by atoms with Crippen molar-refractivity contribution < 1.29 is 14.7 Å². The second-order valence-electron chi connectivity index (χ2n) is 5.83. The summed E-state index contributed by atoms with van der Waals surface area (Å²) < 4.78 is 0. The lowest BCUT2D eigenvalue weighted by molar-refractivity contribution is -0.141. The lowest BCUT2D eigenvalue weighted by atomic mass is 9.97. The molecule has 0 fully saturated rings. The van der Waals surface area contributed by atoms with Crippen molar-refractivity contribution in [3.05, 3.63) is 48.0 Å². The molecule has 0 aliphatic carbocycles. The number of carboxylic acids is 1. The monoisotopic (exact) mass is 313 g/mol. The molecule has 122 valence electrons. The number of aliphatic carboxylic acids is 1. The molecule has 0 heterocycles. The summed E-state index contributed by atoms with van der Waals surface area (Å²) in [4.78, 5) is 23.1. The van der Waals surface area contributed by atoms with Gasteiger partial charge in [0.15, 0.2) is 0 Å². The Labute approximate surface area is 136 Å². The molecule has 4 heteroatoms. The van der Waals surface area contributed by atoms with E-state index in [-0.39, 0.29) is 12.5 Å². The molecule has 0 saturated carbocycles. The highest BCUT2D eigenvalue weighted by atomic mass is 16.4. The van der Waals surface area contributed by atoms with Crippen LogP contribution < -0.4 is 5.32 Å². The fraction of sp³-hybridized carbons (Fsp3) is 0.368. The number of hydrogen-bond donors (Lipinski definition) is 2. The van der Waals surface area contributed by atoms with Gasteiger partial charge in [0.1, 0.15) is 0 Å². The minimum Gasteiger partial charge on any atom is -0.481 e. The third kappa shape index (κ3) is 5.09. The van der Waals surface area contributed by atoms with Crippen molar-refractivity contribution in [2.24, 2.45) is 5.92 Å². The normalized spacial score (nSPS) is 12.0. The number of unbranched alkanes of at least 4 members (excludes halogenated alkanes) is 1. The van der Waals surface area contributed by atoms with Crippen molar-refractivity contribution in [3.8, 4) is 0 Å². The van der Waals surface area contributed by atoms with Crippen LogP contribution >= 0.6 is 0 Å². The third-order valence-corrected chi connectivity index (χ3v) is 3.95. The Morgan fingerprint density at radius 1 is 1.13 bits per heavy atom. The van der Waals surface area contributed by atoms with Crippen molar-refractivity contribution in [2.45, 2.75) is 32.6 Å². The molecule has 0 aromatic heterocycles. The van der Waals surface area contributed by atoms with Crippen molar-refractivity contribution in [1.82, 2.24) is 5.32 Å². The molecule has 4 nitrogen and oxygen atoms in total. The molecule has 1 unspecified atom stereocenters. The second-order valence-corrected chi connectivity index (χ2v) is 5.83. The molecule has 1 amide bonds. The Morgan fingerprint density at radius 3 is 2.57 bits per heavy atom. The molecule has 2 aromatic rings. The van der Waals surface area contributed by atoms with Crippen LogP contribution in [0.2, 0.25) is 0 Å². The summed E-state index contributed by atoms with van der Waals surface area (Å²) in [6, 6.07) is 14.0. The predicted octanol–water partition coefficient (Wildman–Crippen LogP) is 3.39. The van der Waals surface area contributed by atoms with E-state index >= 15 is 0 Å². The molecule has 23 heavy (non-hydrogen) atoms. The van der Waals surface area contributed by atoms with Crippen LogP contribution in [0.5, 0.6) is 0 Å². The maximum absolute atomic E-state index is 11.7. The summed E-state index contributed by atoms with van der Waals surface area (Å²) >= 11 is 0. The maximum atomic E-state index is 11.7. The number of carboxylic acid groups (broad SMARTS) is 1. The highest BCUT2D eigenvalue weighted by Gasteiger charge is 2.19. The van der Waals surface area contributed by atoms with E-state index in [1.54, 1.807) is 0 Å². The van der Waals surface area contributed by atoms with Gasteiger partial charge in [-0.1, -0.05) is 55.8 Å². The van der Waals surface area contributed by atoms with Gasteiger partial charge in [-0.25, -0.2) is 0 Å². The Hall–Kier alpha value is -2.36. The molecule has 2 aromatic carbocycles. The summed E-state index contributed by atoms with van der Waals surface area (Å²) in [5.74, 6) is -1.56. The Morgan fingerprint density at radius 2 is 1.87 bits per heavy atom. The molecule has 1 atom stereocenters. The van der Waals surface area contributed by atoms with Crippen LogP contribution in [0.1, 0.15) is 31.7 Å². The highest BCUT2D eigenvalue weighted by Crippen LogP contribution is 2.18. The second kappa shape index (κ2) is 8.32. The zero-order chi connectivity index (χ0) is 16.7. The van der Waals surface area contributed by atoms with Gasteiger partial charge in [-0.05, 0) is 29.2 Å². The summed E-state index contributed by atoms with van der Waals surface area (Å²) in [6.45, 7) is 2.19. The quantitative estimate of drug-likeness (QED) is 0.785. The van der Waals surface area contributed by atoms with E-state index in [0.717, 1.165) is 29.2 Å². The van der Waals surface area contributed by atoms with Crippen molar-refractivity contribution in [3.63, 3.8) is 0 Å². The summed E-state index contributed by atoms with van der Waals surface area (Å²) in [5, 5.41) is 14.4. The standard InChI is InChI=1S/C19H23NO3/c1-2-3-8-18(21)20-13-17(19(22)23)12-14-9-10-15-6-4-5-7-16(15)11-14/h4-7,9-11,17H,2-3,8,12-13H2,1H3,(H,20,21)(H,22,23). The van der Waals surface area contributed by atoms with Crippen LogP contribution in [0.15, 0.2) is 42.5 Å². The van der Waals surface area contributed by atoms with Gasteiger partial charge in [0, 0.05) is 13.0 Å². The van der Waals surface area contributed by atoms with Crippen LogP contribution in [0.4, 0.5) is 0 Å². The highest BCUT2D eigenvalue weighted by molar-refractivity contribution is 5.83. The largest absolute Gasteiger partial charge is 0.481 e. The number of rotatable bonds is 8. The summed E-state index contributed by atoms with van der Waals surface area (Å²) in [7, 11) is 0. The van der Waals surface area contributed by atoms with Crippen molar-refractivity contribution in [2.75, 3.05) is 6.54 Å². The van der Waals surface area contributed by atoms with Crippen LogP contribution in [0.3, 0.4) is 0 Å². The van der Waals surface area contributed by atoms with Crippen LogP contribution in [0, 0.1) is 5.92 Å². The molecule has 0 radical (unpaired) electrons. The molecule has 2 rings (SSSR count). The van der Waals surface area contributed by atoms with Gasteiger partial charge in [0.25, 0.3) is 0 Å². The number of carbonyl (C=O) groups is 2. The van der Waals surface area contributed by atoms with Crippen molar-refractivity contribution in [1.29, 1.82) is 0 Å². The number of carbonyl (C=O) groups excluding carboxylic acids is 1.